The number of halogens is 3. The molecule has 0 unspecified atom stereocenters. The first kappa shape index (κ1) is 22.7. The van der Waals surface area contributed by atoms with Gasteiger partial charge in [-0.25, -0.2) is 0 Å². The molecule has 1 saturated heterocycles. The molecule has 2 aromatic carbocycles. The van der Waals surface area contributed by atoms with Crippen LogP contribution in [0.5, 0.6) is 11.5 Å². The van der Waals surface area contributed by atoms with Crippen LogP contribution in [-0.2, 0) is 17.9 Å². The molecular formula is C21H25BrCl2N2O3. The van der Waals surface area contributed by atoms with Gasteiger partial charge in [0.2, 0.25) is 0 Å². The molecule has 0 saturated carbocycles. The summed E-state index contributed by atoms with van der Waals surface area (Å²) in [7, 11) is 1.64. The summed E-state index contributed by atoms with van der Waals surface area (Å²) in [5, 5.41) is 4.69. The van der Waals surface area contributed by atoms with Crippen LogP contribution in [0.3, 0.4) is 0 Å². The molecule has 0 aromatic heterocycles. The summed E-state index contributed by atoms with van der Waals surface area (Å²) in [5.41, 5.74) is 1.88. The molecule has 0 amide bonds. The van der Waals surface area contributed by atoms with Gasteiger partial charge in [0.15, 0.2) is 11.5 Å². The molecule has 0 bridgehead atoms. The summed E-state index contributed by atoms with van der Waals surface area (Å²) < 4.78 is 18.0. The van der Waals surface area contributed by atoms with E-state index >= 15 is 0 Å². The van der Waals surface area contributed by atoms with Gasteiger partial charge in [-0.2, -0.15) is 0 Å². The van der Waals surface area contributed by atoms with Crippen LogP contribution in [0.25, 0.3) is 0 Å². The van der Waals surface area contributed by atoms with Crippen LogP contribution in [0.4, 0.5) is 0 Å². The molecule has 158 valence electrons. The van der Waals surface area contributed by atoms with Crippen LogP contribution in [0.1, 0.15) is 11.1 Å². The Hall–Kier alpha value is -1.02. The van der Waals surface area contributed by atoms with E-state index < -0.39 is 0 Å². The van der Waals surface area contributed by atoms with Crippen molar-refractivity contribution in [3.8, 4) is 11.5 Å². The SMILES string of the molecule is COc1ccc(Br)c(CNCCN2CCOCC2)c1OCc1ccc(Cl)cc1Cl. The number of hydrogen-bond donors (Lipinski definition) is 1. The molecule has 0 spiro atoms. The largest absolute Gasteiger partial charge is 0.493 e. The Morgan fingerprint density at radius 1 is 1.17 bits per heavy atom. The Bertz CT molecular complexity index is 817. The molecule has 2 aromatic rings. The van der Waals surface area contributed by atoms with Gasteiger partial charge in [0.05, 0.1) is 20.3 Å². The maximum absolute atomic E-state index is 6.29. The van der Waals surface area contributed by atoms with Crippen LogP contribution in [0.15, 0.2) is 34.8 Å². The topological polar surface area (TPSA) is 43.0 Å². The Kier molecular flexibility index (Phi) is 8.90. The lowest BCUT2D eigenvalue weighted by molar-refractivity contribution is 0.0384. The number of ether oxygens (including phenoxy) is 3. The minimum atomic E-state index is 0.323. The summed E-state index contributed by atoms with van der Waals surface area (Å²) in [6.07, 6.45) is 0. The highest BCUT2D eigenvalue weighted by Gasteiger charge is 2.16. The molecule has 3 rings (SSSR count). The third-order valence-electron chi connectivity index (χ3n) is 4.78. The first-order valence-electron chi connectivity index (χ1n) is 9.51. The molecule has 29 heavy (non-hydrogen) atoms. The molecule has 0 atom stereocenters. The maximum atomic E-state index is 6.29. The highest BCUT2D eigenvalue weighted by Crippen LogP contribution is 2.37. The average molecular weight is 504 g/mol. The molecule has 8 heteroatoms. The molecule has 1 N–H and O–H groups in total. The molecule has 0 aliphatic carbocycles. The Morgan fingerprint density at radius 3 is 2.69 bits per heavy atom. The summed E-state index contributed by atoms with van der Waals surface area (Å²) >= 11 is 15.9. The van der Waals surface area contributed by atoms with Crippen LogP contribution in [0, 0.1) is 0 Å². The first-order valence-corrected chi connectivity index (χ1v) is 11.1. The van der Waals surface area contributed by atoms with Gasteiger partial charge in [0.25, 0.3) is 0 Å². The Morgan fingerprint density at radius 2 is 1.97 bits per heavy atom. The van der Waals surface area contributed by atoms with Gasteiger partial charge in [-0.05, 0) is 24.3 Å². The normalized spacial score (nSPS) is 14.8. The fraction of sp³-hybridized carbons (Fsp3) is 0.429. The van der Waals surface area contributed by atoms with Crippen LogP contribution >= 0.6 is 39.1 Å². The number of methoxy groups -OCH3 is 1. The summed E-state index contributed by atoms with van der Waals surface area (Å²) in [4.78, 5) is 2.40. The van der Waals surface area contributed by atoms with Gasteiger partial charge in [0.1, 0.15) is 6.61 Å². The quantitative estimate of drug-likeness (QED) is 0.499. The van der Waals surface area contributed by atoms with E-state index in [0.29, 0.717) is 34.7 Å². The molecule has 5 nitrogen and oxygen atoms in total. The van der Waals surface area contributed by atoms with E-state index in [4.69, 9.17) is 37.4 Å². The third kappa shape index (κ3) is 6.48. The zero-order chi connectivity index (χ0) is 20.6. The van der Waals surface area contributed by atoms with Crippen LogP contribution < -0.4 is 14.8 Å². The predicted molar refractivity (Wildman–Crippen MR) is 120 cm³/mol. The summed E-state index contributed by atoms with van der Waals surface area (Å²) in [6.45, 7) is 6.45. The second kappa shape index (κ2) is 11.4. The van der Waals surface area contributed by atoms with E-state index in [-0.39, 0.29) is 0 Å². The summed E-state index contributed by atoms with van der Waals surface area (Å²) in [5.74, 6) is 1.38. The smallest absolute Gasteiger partial charge is 0.167 e. The first-order chi connectivity index (χ1) is 14.1. The van der Waals surface area contributed by atoms with Crippen molar-refractivity contribution in [3.63, 3.8) is 0 Å². The van der Waals surface area contributed by atoms with Gasteiger partial charge in [-0.15, -0.1) is 0 Å². The Balaban J connectivity index is 1.65. The van der Waals surface area contributed by atoms with Gasteiger partial charge >= 0.3 is 0 Å². The molecule has 1 aliphatic heterocycles. The third-order valence-corrected chi connectivity index (χ3v) is 6.11. The van der Waals surface area contributed by atoms with Crippen molar-refractivity contribution >= 4 is 39.1 Å². The number of nitrogens with one attached hydrogen (secondary N) is 1. The summed E-state index contributed by atoms with van der Waals surface area (Å²) in [6, 6.07) is 9.25. The standard InChI is InChI=1S/C21H25BrCl2N2O3/c1-27-20-5-4-18(22)17(13-25-6-7-26-8-10-28-11-9-26)21(20)29-14-15-2-3-16(23)12-19(15)24/h2-5,12,25H,6-11,13-14H2,1H3. The minimum absolute atomic E-state index is 0.323. The highest BCUT2D eigenvalue weighted by molar-refractivity contribution is 9.10. The van der Waals surface area contributed by atoms with E-state index in [9.17, 15) is 0 Å². The van der Waals surface area contributed by atoms with E-state index in [2.05, 4.69) is 26.1 Å². The van der Waals surface area contributed by atoms with Gasteiger partial charge in [0, 0.05) is 58.4 Å². The van der Waals surface area contributed by atoms with Crippen molar-refractivity contribution in [1.29, 1.82) is 0 Å². The number of rotatable bonds is 9. The lowest BCUT2D eigenvalue weighted by Gasteiger charge is -2.26. The van der Waals surface area contributed by atoms with E-state index in [1.807, 2.05) is 18.2 Å². The Labute approximate surface area is 190 Å². The van der Waals surface area contributed by atoms with E-state index in [0.717, 1.165) is 55.0 Å². The van der Waals surface area contributed by atoms with Gasteiger partial charge in [-0.3, -0.25) is 4.90 Å². The zero-order valence-electron chi connectivity index (χ0n) is 16.3. The highest BCUT2D eigenvalue weighted by atomic mass is 79.9. The van der Waals surface area contributed by atoms with Crippen LogP contribution in [0.2, 0.25) is 10.0 Å². The lowest BCUT2D eigenvalue weighted by Crippen LogP contribution is -2.40. The minimum Gasteiger partial charge on any atom is -0.493 e. The molecule has 1 heterocycles. The lowest BCUT2D eigenvalue weighted by atomic mass is 10.1. The van der Waals surface area contributed by atoms with Crippen molar-refractivity contribution in [2.45, 2.75) is 13.2 Å². The monoisotopic (exact) mass is 502 g/mol. The number of morpholine rings is 1. The number of benzene rings is 2. The van der Waals surface area contributed by atoms with Crippen LogP contribution in [-0.4, -0.2) is 51.4 Å². The zero-order valence-corrected chi connectivity index (χ0v) is 19.4. The van der Waals surface area contributed by atoms with Crippen molar-refractivity contribution in [2.75, 3.05) is 46.5 Å². The van der Waals surface area contributed by atoms with E-state index in [1.54, 1.807) is 19.2 Å². The van der Waals surface area contributed by atoms with E-state index in [1.165, 1.54) is 0 Å². The molecular weight excluding hydrogens is 479 g/mol. The number of hydrogen-bond acceptors (Lipinski definition) is 5. The van der Waals surface area contributed by atoms with Crippen molar-refractivity contribution in [1.82, 2.24) is 10.2 Å². The number of nitrogens with zero attached hydrogens (tertiary/aromatic N) is 1. The maximum Gasteiger partial charge on any atom is 0.167 e. The van der Waals surface area contributed by atoms with Crippen molar-refractivity contribution in [2.24, 2.45) is 0 Å². The van der Waals surface area contributed by atoms with Gasteiger partial charge in [-0.1, -0.05) is 45.2 Å². The predicted octanol–water partition coefficient (Wildman–Crippen LogP) is 4.77. The fourth-order valence-electron chi connectivity index (χ4n) is 3.13. The molecule has 1 aliphatic rings. The van der Waals surface area contributed by atoms with Crippen molar-refractivity contribution in [3.05, 3.63) is 56.0 Å². The second-order valence-electron chi connectivity index (χ2n) is 6.71. The fourth-order valence-corrected chi connectivity index (χ4v) is 4.05. The average Bonchev–Trinajstić information content (AvgIpc) is 2.72. The molecule has 1 fully saturated rings. The molecule has 0 radical (unpaired) electrons. The second-order valence-corrected chi connectivity index (χ2v) is 8.41. The van der Waals surface area contributed by atoms with Crippen molar-refractivity contribution < 1.29 is 14.2 Å². The van der Waals surface area contributed by atoms with Gasteiger partial charge < -0.3 is 19.5 Å².